The van der Waals surface area contributed by atoms with Gasteiger partial charge in [-0.05, 0) is 13.3 Å². The molecule has 0 radical (unpaired) electrons. The number of ether oxygens (including phenoxy) is 2. The molecule has 0 saturated carbocycles. The molecule has 0 N–H and O–H groups in total. The van der Waals surface area contributed by atoms with Gasteiger partial charge in [0.05, 0.1) is 6.61 Å². The number of hydrogen-bond donors (Lipinski definition) is 0. The number of rotatable bonds is 6. The van der Waals surface area contributed by atoms with Gasteiger partial charge in [-0.15, -0.1) is 0 Å². The number of aromatic nitrogens is 2. The Morgan fingerprint density at radius 3 is 2.68 bits per heavy atom. The molecule has 5 nitrogen and oxygen atoms in total. The molecule has 19 heavy (non-hydrogen) atoms. The molecule has 0 aromatic carbocycles. The van der Waals surface area contributed by atoms with E-state index in [4.69, 9.17) is 9.47 Å². The largest absolute Gasteiger partial charge is 0.461 e. The number of halogens is 3. The summed E-state index contributed by atoms with van der Waals surface area (Å²) in [4.78, 5) is 11.6. The molecule has 0 spiro atoms. The monoisotopic (exact) mass is 280 g/mol. The van der Waals surface area contributed by atoms with Gasteiger partial charge in [0, 0.05) is 26.3 Å². The Morgan fingerprint density at radius 2 is 2.16 bits per heavy atom. The van der Waals surface area contributed by atoms with Crippen LogP contribution in [0.15, 0.2) is 6.07 Å². The van der Waals surface area contributed by atoms with E-state index in [-0.39, 0.29) is 18.8 Å². The summed E-state index contributed by atoms with van der Waals surface area (Å²) in [6, 6.07) is 0.699. The first-order valence-corrected chi connectivity index (χ1v) is 5.71. The first-order valence-electron chi connectivity index (χ1n) is 5.71. The van der Waals surface area contributed by atoms with Crippen molar-refractivity contribution in [3.05, 3.63) is 17.5 Å². The third-order valence-electron chi connectivity index (χ3n) is 2.27. The fourth-order valence-electron chi connectivity index (χ4n) is 1.45. The normalized spacial score (nSPS) is 11.6. The second-order valence-electron chi connectivity index (χ2n) is 3.70. The number of nitrogens with zero attached hydrogens (tertiary/aromatic N) is 2. The zero-order chi connectivity index (χ0) is 14.5. The molecule has 108 valence electrons. The molecule has 1 aromatic rings. The first kappa shape index (κ1) is 15.5. The van der Waals surface area contributed by atoms with Crippen molar-refractivity contribution in [1.82, 2.24) is 9.78 Å². The topological polar surface area (TPSA) is 53.3 Å². The third-order valence-corrected chi connectivity index (χ3v) is 2.27. The second kappa shape index (κ2) is 6.55. The van der Waals surface area contributed by atoms with Gasteiger partial charge in [-0.25, -0.2) is 4.79 Å². The van der Waals surface area contributed by atoms with E-state index >= 15 is 0 Å². The van der Waals surface area contributed by atoms with Crippen molar-refractivity contribution in [2.45, 2.75) is 26.1 Å². The minimum atomic E-state index is -4.59. The van der Waals surface area contributed by atoms with Crippen molar-refractivity contribution in [2.75, 3.05) is 20.3 Å². The van der Waals surface area contributed by atoms with Gasteiger partial charge in [0.25, 0.3) is 0 Å². The van der Waals surface area contributed by atoms with Gasteiger partial charge in [0.2, 0.25) is 0 Å². The van der Waals surface area contributed by atoms with Crippen LogP contribution in [0.25, 0.3) is 0 Å². The van der Waals surface area contributed by atoms with Crippen molar-refractivity contribution in [2.24, 2.45) is 0 Å². The summed E-state index contributed by atoms with van der Waals surface area (Å²) in [6.07, 6.45) is -4.14. The highest BCUT2D eigenvalue weighted by atomic mass is 19.4. The minimum absolute atomic E-state index is 0.0867. The number of carbonyl (C=O) groups excluding carboxylic acids is 1. The van der Waals surface area contributed by atoms with Gasteiger partial charge in [-0.2, -0.15) is 18.3 Å². The number of hydrogen-bond acceptors (Lipinski definition) is 4. The number of esters is 1. The Kier molecular flexibility index (Phi) is 5.34. The van der Waals surface area contributed by atoms with Crippen molar-refractivity contribution >= 4 is 5.97 Å². The van der Waals surface area contributed by atoms with E-state index in [0.717, 1.165) is 4.68 Å². The van der Waals surface area contributed by atoms with Crippen LogP contribution in [0.5, 0.6) is 0 Å². The molecule has 1 aromatic heterocycles. The van der Waals surface area contributed by atoms with Gasteiger partial charge >= 0.3 is 12.1 Å². The Morgan fingerprint density at radius 1 is 1.47 bits per heavy atom. The lowest BCUT2D eigenvalue weighted by Crippen LogP contribution is -2.14. The summed E-state index contributed by atoms with van der Waals surface area (Å²) in [5, 5.41) is 3.39. The molecule has 1 heterocycles. The van der Waals surface area contributed by atoms with Crippen molar-refractivity contribution in [1.29, 1.82) is 0 Å². The minimum Gasteiger partial charge on any atom is -0.461 e. The molecule has 0 aliphatic carbocycles. The van der Waals surface area contributed by atoms with Gasteiger partial charge in [-0.3, -0.25) is 4.68 Å². The fourth-order valence-corrected chi connectivity index (χ4v) is 1.45. The van der Waals surface area contributed by atoms with Gasteiger partial charge < -0.3 is 9.47 Å². The summed E-state index contributed by atoms with van der Waals surface area (Å²) < 4.78 is 48.2. The fraction of sp³-hybridized carbons (Fsp3) is 0.636. The molecular formula is C11H15F3N2O3. The second-order valence-corrected chi connectivity index (χ2v) is 3.70. The van der Waals surface area contributed by atoms with Crippen LogP contribution in [0.1, 0.15) is 29.5 Å². The molecule has 0 atom stereocenters. The number of alkyl halides is 3. The predicted octanol–water partition coefficient (Wildman–Crippen LogP) is 2.12. The van der Waals surface area contributed by atoms with E-state index in [1.807, 2.05) is 0 Å². The van der Waals surface area contributed by atoms with Crippen LogP contribution in [-0.4, -0.2) is 36.1 Å². The van der Waals surface area contributed by atoms with E-state index in [2.05, 4.69) is 5.10 Å². The summed E-state index contributed by atoms with van der Waals surface area (Å²) >= 11 is 0. The molecular weight excluding hydrogens is 265 g/mol. The molecule has 0 aliphatic rings. The van der Waals surface area contributed by atoms with Gasteiger partial charge in [-0.1, -0.05) is 0 Å². The molecule has 0 fully saturated rings. The van der Waals surface area contributed by atoms with E-state index in [1.54, 1.807) is 6.92 Å². The van der Waals surface area contributed by atoms with Gasteiger partial charge in [0.1, 0.15) is 5.69 Å². The van der Waals surface area contributed by atoms with Crippen LogP contribution < -0.4 is 0 Å². The number of carbonyl (C=O) groups is 1. The van der Waals surface area contributed by atoms with Crippen LogP contribution >= 0.6 is 0 Å². The molecule has 0 unspecified atom stereocenters. The maximum atomic E-state index is 12.6. The standard InChI is InChI=1S/C11H15F3N2O3/c1-3-19-10(17)8-7-9(11(12,13)14)15-16(8)5-4-6-18-2/h7H,3-6H2,1-2H3. The van der Waals surface area contributed by atoms with Crippen molar-refractivity contribution < 1.29 is 27.4 Å². The highest BCUT2D eigenvalue weighted by Crippen LogP contribution is 2.28. The maximum Gasteiger partial charge on any atom is 0.435 e. The highest BCUT2D eigenvalue weighted by Gasteiger charge is 2.36. The highest BCUT2D eigenvalue weighted by molar-refractivity contribution is 5.87. The number of methoxy groups -OCH3 is 1. The Balaban J connectivity index is 2.97. The summed E-state index contributed by atoms with van der Waals surface area (Å²) in [5.74, 6) is -0.817. The lowest BCUT2D eigenvalue weighted by Gasteiger charge is -2.06. The van der Waals surface area contributed by atoms with Crippen molar-refractivity contribution in [3.8, 4) is 0 Å². The van der Waals surface area contributed by atoms with E-state index in [9.17, 15) is 18.0 Å². The Labute approximate surface area is 108 Å². The zero-order valence-electron chi connectivity index (χ0n) is 10.7. The molecule has 1 rings (SSSR count). The summed E-state index contributed by atoms with van der Waals surface area (Å²) in [7, 11) is 1.48. The SMILES string of the molecule is CCOC(=O)c1cc(C(F)(F)F)nn1CCCOC. The number of aryl methyl sites for hydroxylation is 1. The van der Waals surface area contributed by atoms with E-state index < -0.39 is 17.8 Å². The zero-order valence-corrected chi connectivity index (χ0v) is 10.7. The predicted molar refractivity (Wildman–Crippen MR) is 59.7 cm³/mol. The van der Waals surface area contributed by atoms with Crippen LogP contribution in [0.3, 0.4) is 0 Å². The van der Waals surface area contributed by atoms with Gasteiger partial charge in [0.15, 0.2) is 5.69 Å². The molecule has 8 heteroatoms. The van der Waals surface area contributed by atoms with Crippen LogP contribution in [0.4, 0.5) is 13.2 Å². The first-order chi connectivity index (χ1) is 8.90. The van der Waals surface area contributed by atoms with E-state index in [0.29, 0.717) is 19.1 Å². The summed E-state index contributed by atoms with van der Waals surface area (Å²) in [5.41, 5.74) is -1.31. The summed E-state index contributed by atoms with van der Waals surface area (Å²) in [6.45, 7) is 2.18. The van der Waals surface area contributed by atoms with Crippen LogP contribution in [-0.2, 0) is 22.2 Å². The molecule has 0 aliphatic heterocycles. The quantitative estimate of drug-likeness (QED) is 0.591. The van der Waals surface area contributed by atoms with Crippen LogP contribution in [0, 0.1) is 0 Å². The average molecular weight is 280 g/mol. The van der Waals surface area contributed by atoms with Crippen molar-refractivity contribution in [3.63, 3.8) is 0 Å². The Hall–Kier alpha value is -1.57. The third kappa shape index (κ3) is 4.23. The lowest BCUT2D eigenvalue weighted by molar-refractivity contribution is -0.141. The molecule has 0 amide bonds. The van der Waals surface area contributed by atoms with Crippen LogP contribution in [0.2, 0.25) is 0 Å². The molecule has 0 saturated heterocycles. The molecule has 0 bridgehead atoms. The Bertz CT molecular complexity index is 429. The lowest BCUT2D eigenvalue weighted by atomic mass is 10.3. The smallest absolute Gasteiger partial charge is 0.435 e. The van der Waals surface area contributed by atoms with E-state index in [1.165, 1.54) is 7.11 Å². The maximum absolute atomic E-state index is 12.6. The average Bonchev–Trinajstić information content (AvgIpc) is 2.74.